The summed E-state index contributed by atoms with van der Waals surface area (Å²) in [4.78, 5) is 17.1. The molecular formula is C12H18N2O2. The van der Waals surface area contributed by atoms with Crippen LogP contribution in [0, 0.1) is 0 Å². The van der Waals surface area contributed by atoms with Crippen molar-refractivity contribution in [3.8, 4) is 5.88 Å². The third-order valence-electron chi connectivity index (χ3n) is 2.47. The van der Waals surface area contributed by atoms with Gasteiger partial charge in [0.05, 0.1) is 7.11 Å². The van der Waals surface area contributed by atoms with Crippen LogP contribution in [0.15, 0.2) is 18.3 Å². The van der Waals surface area contributed by atoms with E-state index in [1.165, 1.54) is 0 Å². The zero-order valence-electron chi connectivity index (χ0n) is 10.1. The van der Waals surface area contributed by atoms with E-state index in [-0.39, 0.29) is 5.91 Å². The number of hydrogen-bond acceptors (Lipinski definition) is 3. The summed E-state index contributed by atoms with van der Waals surface area (Å²) in [5, 5.41) is 0. The molecule has 4 heteroatoms. The summed E-state index contributed by atoms with van der Waals surface area (Å²) < 4.78 is 5.04. The van der Waals surface area contributed by atoms with Gasteiger partial charge in [-0.2, -0.15) is 0 Å². The Bertz CT molecular complexity index is 353. The summed E-state index contributed by atoms with van der Waals surface area (Å²) in [6.07, 6.45) is 3.09. The van der Waals surface area contributed by atoms with Crippen LogP contribution in [0.25, 0.3) is 0 Å². The number of carbonyl (C=O) groups is 1. The van der Waals surface area contributed by atoms with Gasteiger partial charge in [0.15, 0.2) is 0 Å². The molecule has 16 heavy (non-hydrogen) atoms. The lowest BCUT2D eigenvalue weighted by Crippen LogP contribution is -2.27. The molecule has 0 saturated carbocycles. The zero-order valence-corrected chi connectivity index (χ0v) is 10.1. The van der Waals surface area contributed by atoms with Crippen molar-refractivity contribution >= 4 is 5.91 Å². The standard InChI is InChI=1S/C12H18N2O2/c1-4-12(15)14(2)8-6-10-5-7-13-11(9-10)16-3/h5,7,9H,4,6,8H2,1-3H3. The Hall–Kier alpha value is -1.58. The number of likely N-dealkylation sites (N-methyl/N-ethyl adjacent to an activating group) is 1. The van der Waals surface area contributed by atoms with E-state index in [1.54, 1.807) is 18.2 Å². The fourth-order valence-electron chi connectivity index (χ4n) is 1.41. The average Bonchev–Trinajstić information content (AvgIpc) is 2.35. The van der Waals surface area contributed by atoms with Gasteiger partial charge in [-0.3, -0.25) is 4.79 Å². The Morgan fingerprint density at radius 2 is 2.31 bits per heavy atom. The first-order chi connectivity index (χ1) is 7.67. The smallest absolute Gasteiger partial charge is 0.222 e. The van der Waals surface area contributed by atoms with Gasteiger partial charge >= 0.3 is 0 Å². The third kappa shape index (κ3) is 3.53. The molecular weight excluding hydrogens is 204 g/mol. The Labute approximate surface area is 96.2 Å². The van der Waals surface area contributed by atoms with Crippen molar-refractivity contribution in [3.05, 3.63) is 23.9 Å². The number of aromatic nitrogens is 1. The van der Waals surface area contributed by atoms with Crippen molar-refractivity contribution < 1.29 is 9.53 Å². The minimum absolute atomic E-state index is 0.168. The molecule has 0 spiro atoms. The van der Waals surface area contributed by atoms with Crippen molar-refractivity contribution in [2.45, 2.75) is 19.8 Å². The highest BCUT2D eigenvalue weighted by molar-refractivity contribution is 5.75. The normalized spacial score (nSPS) is 9.94. The second-order valence-electron chi connectivity index (χ2n) is 3.63. The van der Waals surface area contributed by atoms with Crippen LogP contribution in [-0.2, 0) is 11.2 Å². The maximum absolute atomic E-state index is 11.3. The number of ether oxygens (including phenoxy) is 1. The number of methoxy groups -OCH3 is 1. The van der Waals surface area contributed by atoms with Gasteiger partial charge in [0.25, 0.3) is 0 Å². The average molecular weight is 222 g/mol. The van der Waals surface area contributed by atoms with Crippen LogP contribution < -0.4 is 4.74 Å². The third-order valence-corrected chi connectivity index (χ3v) is 2.47. The van der Waals surface area contributed by atoms with Crippen LogP contribution in [0.2, 0.25) is 0 Å². The molecule has 88 valence electrons. The highest BCUT2D eigenvalue weighted by atomic mass is 16.5. The van der Waals surface area contributed by atoms with Crippen molar-refractivity contribution in [1.82, 2.24) is 9.88 Å². The minimum atomic E-state index is 0.168. The van der Waals surface area contributed by atoms with Crippen molar-refractivity contribution in [2.75, 3.05) is 20.7 Å². The highest BCUT2D eigenvalue weighted by Gasteiger charge is 2.05. The lowest BCUT2D eigenvalue weighted by Gasteiger charge is -2.16. The second-order valence-corrected chi connectivity index (χ2v) is 3.63. The zero-order chi connectivity index (χ0) is 12.0. The van der Waals surface area contributed by atoms with Gasteiger partial charge in [0, 0.05) is 32.3 Å². The van der Waals surface area contributed by atoms with E-state index in [9.17, 15) is 4.79 Å². The van der Waals surface area contributed by atoms with Gasteiger partial charge in [0.2, 0.25) is 11.8 Å². The molecule has 0 bridgehead atoms. The van der Waals surface area contributed by atoms with Crippen LogP contribution in [0.4, 0.5) is 0 Å². The Morgan fingerprint density at radius 3 is 2.94 bits per heavy atom. The van der Waals surface area contributed by atoms with E-state index in [4.69, 9.17) is 4.74 Å². The maximum Gasteiger partial charge on any atom is 0.222 e. The second kappa shape index (κ2) is 6.10. The number of rotatable bonds is 5. The summed E-state index contributed by atoms with van der Waals surface area (Å²) in [7, 11) is 3.42. The fourth-order valence-corrected chi connectivity index (χ4v) is 1.41. The molecule has 0 fully saturated rings. The molecule has 0 atom stereocenters. The van der Waals surface area contributed by atoms with Gasteiger partial charge < -0.3 is 9.64 Å². The van der Waals surface area contributed by atoms with Crippen LogP contribution in [0.3, 0.4) is 0 Å². The lowest BCUT2D eigenvalue weighted by molar-refractivity contribution is -0.129. The molecule has 0 aromatic carbocycles. The SMILES string of the molecule is CCC(=O)N(C)CCc1ccnc(OC)c1. The molecule has 0 aliphatic heterocycles. The van der Waals surface area contributed by atoms with E-state index in [0.29, 0.717) is 12.3 Å². The molecule has 1 aromatic rings. The lowest BCUT2D eigenvalue weighted by atomic mass is 10.2. The first kappa shape index (κ1) is 12.5. The van der Waals surface area contributed by atoms with Crippen LogP contribution in [0.5, 0.6) is 5.88 Å². The van der Waals surface area contributed by atoms with Gasteiger partial charge in [-0.25, -0.2) is 4.98 Å². The monoisotopic (exact) mass is 222 g/mol. The summed E-state index contributed by atoms with van der Waals surface area (Å²) >= 11 is 0. The van der Waals surface area contributed by atoms with E-state index >= 15 is 0 Å². The van der Waals surface area contributed by atoms with Crippen LogP contribution in [-0.4, -0.2) is 36.5 Å². The predicted molar refractivity (Wildman–Crippen MR) is 62.4 cm³/mol. The maximum atomic E-state index is 11.3. The summed E-state index contributed by atoms with van der Waals surface area (Å²) in [5.41, 5.74) is 1.13. The molecule has 0 unspecified atom stereocenters. The van der Waals surface area contributed by atoms with Crippen molar-refractivity contribution in [3.63, 3.8) is 0 Å². The number of carbonyl (C=O) groups excluding carboxylic acids is 1. The number of pyridine rings is 1. The molecule has 0 saturated heterocycles. The van der Waals surface area contributed by atoms with Crippen LogP contribution in [0.1, 0.15) is 18.9 Å². The first-order valence-corrected chi connectivity index (χ1v) is 5.40. The summed E-state index contributed by atoms with van der Waals surface area (Å²) in [6, 6.07) is 3.83. The summed E-state index contributed by atoms with van der Waals surface area (Å²) in [5.74, 6) is 0.781. The topological polar surface area (TPSA) is 42.4 Å². The largest absolute Gasteiger partial charge is 0.481 e. The molecule has 1 amide bonds. The van der Waals surface area contributed by atoms with Crippen LogP contribution >= 0.6 is 0 Å². The number of hydrogen-bond donors (Lipinski definition) is 0. The van der Waals surface area contributed by atoms with Gasteiger partial charge in [-0.05, 0) is 18.1 Å². The molecule has 1 heterocycles. The van der Waals surface area contributed by atoms with Gasteiger partial charge in [-0.15, -0.1) is 0 Å². The predicted octanol–water partition coefficient (Wildman–Crippen LogP) is 1.50. The molecule has 1 rings (SSSR count). The van der Waals surface area contributed by atoms with E-state index < -0.39 is 0 Å². The molecule has 1 aromatic heterocycles. The molecule has 0 N–H and O–H groups in total. The van der Waals surface area contributed by atoms with Gasteiger partial charge in [0.1, 0.15) is 0 Å². The van der Waals surface area contributed by atoms with Crippen molar-refractivity contribution in [2.24, 2.45) is 0 Å². The molecule has 0 aliphatic rings. The molecule has 0 radical (unpaired) electrons. The molecule has 0 aliphatic carbocycles. The Balaban J connectivity index is 2.51. The fraction of sp³-hybridized carbons (Fsp3) is 0.500. The quantitative estimate of drug-likeness (QED) is 0.758. The minimum Gasteiger partial charge on any atom is -0.481 e. The number of amides is 1. The highest BCUT2D eigenvalue weighted by Crippen LogP contribution is 2.09. The van der Waals surface area contributed by atoms with E-state index in [0.717, 1.165) is 18.5 Å². The Morgan fingerprint density at radius 1 is 1.56 bits per heavy atom. The summed E-state index contributed by atoms with van der Waals surface area (Å²) in [6.45, 7) is 2.59. The molecule has 4 nitrogen and oxygen atoms in total. The van der Waals surface area contributed by atoms with Crippen molar-refractivity contribution in [1.29, 1.82) is 0 Å². The Kier molecular flexibility index (Phi) is 4.76. The number of nitrogens with zero attached hydrogens (tertiary/aromatic N) is 2. The van der Waals surface area contributed by atoms with Gasteiger partial charge in [-0.1, -0.05) is 6.92 Å². The first-order valence-electron chi connectivity index (χ1n) is 5.40. The van der Waals surface area contributed by atoms with E-state index in [2.05, 4.69) is 4.98 Å². The van der Waals surface area contributed by atoms with E-state index in [1.807, 2.05) is 26.1 Å².